The molecule has 0 aliphatic carbocycles. The van der Waals surface area contributed by atoms with Crippen molar-refractivity contribution in [2.45, 2.75) is 26.3 Å². The second-order valence-electron chi connectivity index (χ2n) is 3.75. The molecule has 0 bridgehead atoms. The Hall–Kier alpha value is -1.84. The van der Waals surface area contributed by atoms with Gasteiger partial charge in [-0.3, -0.25) is 9.59 Å². The molecule has 0 spiro atoms. The fourth-order valence-corrected chi connectivity index (χ4v) is 1.42. The van der Waals surface area contributed by atoms with Crippen LogP contribution in [0.3, 0.4) is 0 Å². The number of amides is 1. The van der Waals surface area contributed by atoms with Crippen LogP contribution in [-0.2, 0) is 9.53 Å². The van der Waals surface area contributed by atoms with Crippen molar-refractivity contribution in [1.82, 2.24) is 5.32 Å². The van der Waals surface area contributed by atoms with E-state index in [-0.39, 0.29) is 24.3 Å². The first-order chi connectivity index (χ1) is 8.13. The number of carbonyl (C=O) groups excluding carboxylic acids is 2. The Bertz CT molecular complexity index is 376. The minimum Gasteiger partial charge on any atom is -0.466 e. The first-order valence-corrected chi connectivity index (χ1v) is 5.65. The van der Waals surface area contributed by atoms with Crippen LogP contribution in [0, 0.1) is 0 Å². The zero-order valence-corrected chi connectivity index (χ0v) is 10.1. The number of esters is 1. The van der Waals surface area contributed by atoms with Gasteiger partial charge in [0.05, 0.1) is 13.0 Å². The fraction of sp³-hybridized carbons (Fsp3) is 0.385. The molecule has 0 saturated carbocycles. The molecule has 1 atom stereocenters. The molecular formula is C13H17NO3. The van der Waals surface area contributed by atoms with Gasteiger partial charge < -0.3 is 10.1 Å². The highest BCUT2D eigenvalue weighted by Gasteiger charge is 2.13. The number of ether oxygens (including phenoxy) is 1. The van der Waals surface area contributed by atoms with E-state index in [2.05, 4.69) is 5.32 Å². The molecule has 0 radical (unpaired) electrons. The number of rotatable bonds is 5. The van der Waals surface area contributed by atoms with Gasteiger partial charge in [-0.05, 0) is 26.0 Å². The van der Waals surface area contributed by atoms with Crippen LogP contribution in [0.15, 0.2) is 30.3 Å². The van der Waals surface area contributed by atoms with Gasteiger partial charge in [0.2, 0.25) is 0 Å². The highest BCUT2D eigenvalue weighted by molar-refractivity contribution is 5.94. The summed E-state index contributed by atoms with van der Waals surface area (Å²) in [7, 11) is 0. The van der Waals surface area contributed by atoms with Crippen LogP contribution in [-0.4, -0.2) is 24.5 Å². The van der Waals surface area contributed by atoms with E-state index in [0.717, 1.165) is 0 Å². The van der Waals surface area contributed by atoms with Gasteiger partial charge in [-0.1, -0.05) is 18.2 Å². The molecule has 4 nitrogen and oxygen atoms in total. The third-order valence-corrected chi connectivity index (χ3v) is 2.19. The molecule has 0 heterocycles. The van der Waals surface area contributed by atoms with E-state index in [4.69, 9.17) is 4.74 Å². The van der Waals surface area contributed by atoms with Crippen LogP contribution < -0.4 is 5.32 Å². The minimum atomic E-state index is -0.298. The van der Waals surface area contributed by atoms with Crippen LogP contribution in [0.25, 0.3) is 0 Å². The van der Waals surface area contributed by atoms with E-state index in [1.54, 1.807) is 38.1 Å². The summed E-state index contributed by atoms with van der Waals surface area (Å²) >= 11 is 0. The second kappa shape index (κ2) is 6.68. The van der Waals surface area contributed by atoms with Crippen molar-refractivity contribution in [1.29, 1.82) is 0 Å². The smallest absolute Gasteiger partial charge is 0.307 e. The SMILES string of the molecule is CCOC(=O)C[C@@H](C)NC(=O)c1ccccc1. The van der Waals surface area contributed by atoms with E-state index in [9.17, 15) is 9.59 Å². The molecule has 1 rings (SSSR count). The van der Waals surface area contributed by atoms with E-state index < -0.39 is 0 Å². The second-order valence-corrected chi connectivity index (χ2v) is 3.75. The minimum absolute atomic E-state index is 0.178. The van der Waals surface area contributed by atoms with E-state index in [1.807, 2.05) is 6.07 Å². The molecular weight excluding hydrogens is 218 g/mol. The topological polar surface area (TPSA) is 55.4 Å². The van der Waals surface area contributed by atoms with Crippen molar-refractivity contribution in [2.75, 3.05) is 6.61 Å². The van der Waals surface area contributed by atoms with Gasteiger partial charge in [0.1, 0.15) is 0 Å². The monoisotopic (exact) mass is 235 g/mol. The molecule has 92 valence electrons. The summed E-state index contributed by atoms with van der Waals surface area (Å²) in [5, 5.41) is 2.75. The maximum Gasteiger partial charge on any atom is 0.307 e. The van der Waals surface area contributed by atoms with Crippen LogP contribution in [0.1, 0.15) is 30.6 Å². The zero-order chi connectivity index (χ0) is 12.7. The summed E-state index contributed by atoms with van der Waals surface area (Å²) in [5.74, 6) is -0.476. The molecule has 0 fully saturated rings. The third kappa shape index (κ3) is 4.68. The van der Waals surface area contributed by atoms with Crippen molar-refractivity contribution in [3.8, 4) is 0 Å². The number of hydrogen-bond acceptors (Lipinski definition) is 3. The number of hydrogen-bond donors (Lipinski definition) is 1. The van der Waals surface area contributed by atoms with Crippen LogP contribution in [0.2, 0.25) is 0 Å². The Balaban J connectivity index is 2.44. The average Bonchev–Trinajstić information content (AvgIpc) is 2.30. The average molecular weight is 235 g/mol. The lowest BCUT2D eigenvalue weighted by atomic mass is 10.2. The first-order valence-electron chi connectivity index (χ1n) is 5.65. The summed E-state index contributed by atoms with van der Waals surface area (Å²) in [6, 6.07) is 8.66. The summed E-state index contributed by atoms with van der Waals surface area (Å²) in [4.78, 5) is 22.9. The summed E-state index contributed by atoms with van der Waals surface area (Å²) < 4.78 is 4.81. The van der Waals surface area contributed by atoms with Crippen LogP contribution in [0.5, 0.6) is 0 Å². The van der Waals surface area contributed by atoms with Crippen LogP contribution >= 0.6 is 0 Å². The van der Waals surface area contributed by atoms with Gasteiger partial charge in [0.15, 0.2) is 0 Å². The Morgan fingerprint density at radius 1 is 1.29 bits per heavy atom. The Morgan fingerprint density at radius 3 is 2.53 bits per heavy atom. The third-order valence-electron chi connectivity index (χ3n) is 2.19. The molecule has 4 heteroatoms. The maximum atomic E-state index is 11.7. The quantitative estimate of drug-likeness (QED) is 0.791. The Labute approximate surface area is 101 Å². The van der Waals surface area contributed by atoms with Crippen molar-refractivity contribution in [3.05, 3.63) is 35.9 Å². The number of carbonyl (C=O) groups is 2. The lowest BCUT2D eigenvalue weighted by Crippen LogP contribution is -2.34. The molecule has 1 aromatic carbocycles. The number of benzene rings is 1. The number of nitrogens with one attached hydrogen (secondary N) is 1. The molecule has 0 aliphatic rings. The van der Waals surface area contributed by atoms with E-state index in [1.165, 1.54) is 0 Å². The first kappa shape index (κ1) is 13.2. The van der Waals surface area contributed by atoms with E-state index in [0.29, 0.717) is 12.2 Å². The lowest BCUT2D eigenvalue weighted by molar-refractivity contribution is -0.143. The van der Waals surface area contributed by atoms with Crippen molar-refractivity contribution < 1.29 is 14.3 Å². The highest BCUT2D eigenvalue weighted by atomic mass is 16.5. The molecule has 17 heavy (non-hydrogen) atoms. The predicted octanol–water partition coefficient (Wildman–Crippen LogP) is 1.76. The molecule has 0 saturated heterocycles. The molecule has 0 unspecified atom stereocenters. The zero-order valence-electron chi connectivity index (χ0n) is 10.1. The van der Waals surface area contributed by atoms with Gasteiger partial charge in [0, 0.05) is 11.6 Å². The van der Waals surface area contributed by atoms with E-state index >= 15 is 0 Å². The van der Waals surface area contributed by atoms with Crippen molar-refractivity contribution in [2.24, 2.45) is 0 Å². The van der Waals surface area contributed by atoms with Gasteiger partial charge in [-0.2, -0.15) is 0 Å². The highest BCUT2D eigenvalue weighted by Crippen LogP contribution is 2.00. The van der Waals surface area contributed by atoms with Crippen LogP contribution in [0.4, 0.5) is 0 Å². The van der Waals surface area contributed by atoms with Gasteiger partial charge in [-0.15, -0.1) is 0 Å². The standard InChI is InChI=1S/C13H17NO3/c1-3-17-12(15)9-10(2)14-13(16)11-7-5-4-6-8-11/h4-8,10H,3,9H2,1-2H3,(H,14,16)/t10-/m1/s1. The van der Waals surface area contributed by atoms with Gasteiger partial charge in [0.25, 0.3) is 5.91 Å². The van der Waals surface area contributed by atoms with Gasteiger partial charge in [-0.25, -0.2) is 0 Å². The largest absolute Gasteiger partial charge is 0.466 e. The maximum absolute atomic E-state index is 11.7. The molecule has 1 N–H and O–H groups in total. The molecule has 1 amide bonds. The molecule has 0 aromatic heterocycles. The van der Waals surface area contributed by atoms with Crippen molar-refractivity contribution in [3.63, 3.8) is 0 Å². The summed E-state index contributed by atoms with van der Waals surface area (Å²) in [5.41, 5.74) is 0.586. The Kier molecular flexibility index (Phi) is 5.20. The molecule has 0 aliphatic heterocycles. The summed E-state index contributed by atoms with van der Waals surface area (Å²) in [6.45, 7) is 3.89. The predicted molar refractivity (Wildman–Crippen MR) is 64.6 cm³/mol. The van der Waals surface area contributed by atoms with Crippen molar-refractivity contribution >= 4 is 11.9 Å². The fourth-order valence-electron chi connectivity index (χ4n) is 1.42. The van der Waals surface area contributed by atoms with Gasteiger partial charge >= 0.3 is 5.97 Å². The summed E-state index contributed by atoms with van der Waals surface area (Å²) in [6.07, 6.45) is 0.187. The normalized spacial score (nSPS) is 11.6. The lowest BCUT2D eigenvalue weighted by Gasteiger charge is -2.12. The Morgan fingerprint density at radius 2 is 1.94 bits per heavy atom. The molecule has 1 aromatic rings.